The zero-order valence-corrected chi connectivity index (χ0v) is 26.8. The number of benzene rings is 5. The molecule has 246 valence electrons. The number of hydrogen-bond donors (Lipinski definition) is 2. The molecular formula is C40H36F3NO4. The van der Waals surface area contributed by atoms with E-state index in [0.717, 1.165) is 39.9 Å². The highest BCUT2D eigenvalue weighted by Gasteiger charge is 2.30. The number of carbonyl (C=O) groups excluding carboxylic acids is 1. The molecule has 0 aliphatic carbocycles. The van der Waals surface area contributed by atoms with Crippen molar-refractivity contribution in [1.82, 2.24) is 5.32 Å². The van der Waals surface area contributed by atoms with E-state index in [0.29, 0.717) is 11.1 Å². The van der Waals surface area contributed by atoms with E-state index in [-0.39, 0.29) is 29.8 Å². The number of carboxylic acid groups (broad SMARTS) is 1. The Bertz CT molecular complexity index is 1860. The molecule has 48 heavy (non-hydrogen) atoms. The first kappa shape index (κ1) is 34.0. The first-order valence-electron chi connectivity index (χ1n) is 15.5. The fourth-order valence-electron chi connectivity index (χ4n) is 5.26. The number of aliphatic carboxylic acids is 1. The molecule has 1 amide bonds. The van der Waals surface area contributed by atoms with E-state index in [1.165, 1.54) is 18.2 Å². The highest BCUT2D eigenvalue weighted by molar-refractivity contribution is 6.00. The van der Waals surface area contributed by atoms with Crippen LogP contribution in [0.15, 0.2) is 121 Å². The molecule has 0 heterocycles. The van der Waals surface area contributed by atoms with Gasteiger partial charge in [0.2, 0.25) is 0 Å². The third-order valence-electron chi connectivity index (χ3n) is 8.09. The van der Waals surface area contributed by atoms with Gasteiger partial charge in [0, 0.05) is 6.42 Å². The molecule has 0 aliphatic rings. The third kappa shape index (κ3) is 8.50. The maximum Gasteiger partial charge on any atom is 0.416 e. The minimum absolute atomic E-state index is 0.0244. The van der Waals surface area contributed by atoms with E-state index < -0.39 is 29.7 Å². The average molecular weight is 652 g/mol. The summed E-state index contributed by atoms with van der Waals surface area (Å²) in [7, 11) is 0. The third-order valence-corrected chi connectivity index (χ3v) is 8.09. The van der Waals surface area contributed by atoms with Crippen LogP contribution in [0.3, 0.4) is 0 Å². The van der Waals surface area contributed by atoms with Crippen LogP contribution in [0, 0.1) is 0 Å². The van der Waals surface area contributed by atoms with E-state index >= 15 is 0 Å². The number of hydrogen-bond acceptors (Lipinski definition) is 3. The van der Waals surface area contributed by atoms with Gasteiger partial charge in [0.1, 0.15) is 18.4 Å². The molecule has 0 fully saturated rings. The lowest BCUT2D eigenvalue weighted by Gasteiger charge is -2.20. The fourth-order valence-corrected chi connectivity index (χ4v) is 5.26. The Morgan fingerprint density at radius 3 is 1.79 bits per heavy atom. The van der Waals surface area contributed by atoms with Crippen molar-refractivity contribution in [1.29, 1.82) is 0 Å². The zero-order chi connectivity index (χ0) is 34.5. The molecule has 1 atom stereocenters. The van der Waals surface area contributed by atoms with E-state index in [9.17, 15) is 27.9 Å². The molecule has 0 saturated carbocycles. The lowest BCUT2D eigenvalue weighted by molar-refractivity contribution is -0.139. The van der Waals surface area contributed by atoms with Crippen molar-refractivity contribution >= 4 is 11.9 Å². The Hall–Kier alpha value is -5.37. The second kappa shape index (κ2) is 14.2. The minimum atomic E-state index is -4.49. The first-order chi connectivity index (χ1) is 22.8. The molecule has 5 aromatic carbocycles. The van der Waals surface area contributed by atoms with E-state index in [4.69, 9.17) is 4.74 Å². The van der Waals surface area contributed by atoms with Crippen LogP contribution < -0.4 is 10.1 Å². The molecule has 5 rings (SSSR count). The van der Waals surface area contributed by atoms with Crippen molar-refractivity contribution in [3.8, 4) is 28.0 Å². The second-order valence-electron chi connectivity index (χ2n) is 12.7. The topological polar surface area (TPSA) is 75.6 Å². The van der Waals surface area contributed by atoms with Gasteiger partial charge in [0.05, 0.1) is 11.1 Å². The Morgan fingerprint density at radius 1 is 0.688 bits per heavy atom. The summed E-state index contributed by atoms with van der Waals surface area (Å²) in [6, 6.07) is 33.2. The standard InChI is InChI=1S/C40H36F3NO4/c1-39(2,3)32-18-11-27(12-19-32)25-48-36-22-17-31(30-15-20-33(21-16-30)40(41,42)43)24-34(36)37(45)44-35(38(46)47)23-26-9-13-29(14-10-26)28-7-5-4-6-8-28/h4-22,24,35H,23,25H2,1-3H3,(H,44,45)(H,46,47). The number of rotatable bonds is 10. The van der Waals surface area contributed by atoms with Crippen molar-refractivity contribution in [2.45, 2.75) is 51.4 Å². The fraction of sp³-hybridized carbons (Fsp3) is 0.200. The van der Waals surface area contributed by atoms with Crippen LogP contribution in [0.4, 0.5) is 13.2 Å². The highest BCUT2D eigenvalue weighted by atomic mass is 19.4. The van der Waals surface area contributed by atoms with Crippen LogP contribution in [0.5, 0.6) is 5.75 Å². The van der Waals surface area contributed by atoms with Gasteiger partial charge in [-0.15, -0.1) is 0 Å². The summed E-state index contributed by atoms with van der Waals surface area (Å²) in [5.74, 6) is -1.69. The van der Waals surface area contributed by atoms with Gasteiger partial charge >= 0.3 is 12.1 Å². The predicted molar refractivity (Wildman–Crippen MR) is 181 cm³/mol. The molecule has 0 spiro atoms. The van der Waals surface area contributed by atoms with Crippen molar-refractivity contribution in [3.63, 3.8) is 0 Å². The van der Waals surface area contributed by atoms with Gasteiger partial charge in [-0.3, -0.25) is 4.79 Å². The minimum Gasteiger partial charge on any atom is -0.488 e. The van der Waals surface area contributed by atoms with Gasteiger partial charge in [-0.1, -0.05) is 118 Å². The van der Waals surface area contributed by atoms with Gasteiger partial charge in [-0.2, -0.15) is 13.2 Å². The Kier molecular flexibility index (Phi) is 10.0. The summed E-state index contributed by atoms with van der Waals surface area (Å²) in [4.78, 5) is 26.1. The molecule has 5 nitrogen and oxygen atoms in total. The smallest absolute Gasteiger partial charge is 0.416 e. The Morgan fingerprint density at radius 2 is 1.21 bits per heavy atom. The summed E-state index contributed by atoms with van der Waals surface area (Å²) >= 11 is 0. The van der Waals surface area contributed by atoms with E-state index in [2.05, 4.69) is 26.1 Å². The molecule has 1 unspecified atom stereocenters. The van der Waals surface area contributed by atoms with Gasteiger partial charge in [-0.05, 0) is 68.6 Å². The maximum atomic E-state index is 13.7. The molecular weight excluding hydrogens is 615 g/mol. The van der Waals surface area contributed by atoms with Crippen LogP contribution in [0.2, 0.25) is 0 Å². The van der Waals surface area contributed by atoms with Crippen LogP contribution in [-0.4, -0.2) is 23.0 Å². The van der Waals surface area contributed by atoms with Crippen molar-refractivity contribution in [2.24, 2.45) is 0 Å². The molecule has 5 aromatic rings. The number of carbonyl (C=O) groups is 2. The van der Waals surface area contributed by atoms with Gasteiger partial charge < -0.3 is 15.2 Å². The van der Waals surface area contributed by atoms with Crippen LogP contribution in [0.1, 0.15) is 53.4 Å². The highest BCUT2D eigenvalue weighted by Crippen LogP contribution is 2.33. The lowest BCUT2D eigenvalue weighted by Crippen LogP contribution is -2.42. The van der Waals surface area contributed by atoms with Crippen molar-refractivity contribution in [3.05, 3.63) is 149 Å². The van der Waals surface area contributed by atoms with Crippen molar-refractivity contribution in [2.75, 3.05) is 0 Å². The molecule has 0 bridgehead atoms. The number of carboxylic acids is 1. The quantitative estimate of drug-likeness (QED) is 0.158. The Labute approximate surface area is 278 Å². The largest absolute Gasteiger partial charge is 0.488 e. The number of amides is 1. The van der Waals surface area contributed by atoms with Crippen LogP contribution in [0.25, 0.3) is 22.3 Å². The number of ether oxygens (including phenoxy) is 1. The normalized spacial score (nSPS) is 12.3. The van der Waals surface area contributed by atoms with Crippen LogP contribution in [-0.2, 0) is 29.4 Å². The van der Waals surface area contributed by atoms with E-state index in [1.807, 2.05) is 78.9 Å². The monoisotopic (exact) mass is 651 g/mol. The maximum absolute atomic E-state index is 13.7. The molecule has 0 radical (unpaired) electrons. The molecule has 8 heteroatoms. The predicted octanol–water partition coefficient (Wildman–Crippen LogP) is 9.34. The van der Waals surface area contributed by atoms with Gasteiger partial charge in [0.25, 0.3) is 5.91 Å². The van der Waals surface area contributed by atoms with Crippen molar-refractivity contribution < 1.29 is 32.6 Å². The van der Waals surface area contributed by atoms with Gasteiger partial charge in [0.15, 0.2) is 0 Å². The molecule has 0 saturated heterocycles. The second-order valence-corrected chi connectivity index (χ2v) is 12.7. The number of halogens is 3. The molecule has 0 aliphatic heterocycles. The van der Waals surface area contributed by atoms with Crippen LogP contribution >= 0.6 is 0 Å². The number of alkyl halides is 3. The Balaban J connectivity index is 1.40. The first-order valence-corrected chi connectivity index (χ1v) is 15.5. The molecule has 2 N–H and O–H groups in total. The summed E-state index contributed by atoms with van der Waals surface area (Å²) in [6.07, 6.45) is -4.45. The zero-order valence-electron chi connectivity index (χ0n) is 26.8. The SMILES string of the molecule is CC(C)(C)c1ccc(COc2ccc(-c3ccc(C(F)(F)F)cc3)cc2C(=O)NC(Cc2ccc(-c3ccccc3)cc2)C(=O)O)cc1. The summed E-state index contributed by atoms with van der Waals surface area (Å²) < 4.78 is 45.6. The average Bonchev–Trinajstić information content (AvgIpc) is 3.07. The van der Waals surface area contributed by atoms with E-state index in [1.54, 1.807) is 12.1 Å². The summed E-state index contributed by atoms with van der Waals surface area (Å²) in [5, 5.41) is 12.7. The van der Waals surface area contributed by atoms with Gasteiger partial charge in [-0.25, -0.2) is 4.79 Å². The number of nitrogens with one attached hydrogen (secondary N) is 1. The lowest BCUT2D eigenvalue weighted by atomic mass is 9.87. The molecule has 0 aromatic heterocycles. The summed E-state index contributed by atoms with van der Waals surface area (Å²) in [6.45, 7) is 6.49. The summed E-state index contributed by atoms with van der Waals surface area (Å²) in [5.41, 5.74) is 4.91.